The van der Waals surface area contributed by atoms with Crippen LogP contribution in [-0.4, -0.2) is 69.0 Å². The first-order chi connectivity index (χ1) is 16.5. The zero-order valence-corrected chi connectivity index (χ0v) is 19.9. The molecule has 0 bridgehead atoms. The standard InChI is InChI=1S/C26H30N2O5S/c29-25(23-9-12-33-23)28-17-26(10-11-26)24(27-34(30,31)21-15-32-16-21)22(28)14-18-5-4-8-20(13-18)19-6-2-1-3-7-19/h1-8,13,21-24,27H,9-12,14-17H2/t22-,23?,24+/m0/s1. The van der Waals surface area contributed by atoms with Gasteiger partial charge in [-0.05, 0) is 36.0 Å². The summed E-state index contributed by atoms with van der Waals surface area (Å²) in [6.07, 6.45) is 2.78. The summed E-state index contributed by atoms with van der Waals surface area (Å²) in [6.45, 7) is 1.66. The summed E-state index contributed by atoms with van der Waals surface area (Å²) in [7, 11) is -3.52. The fourth-order valence-electron chi connectivity index (χ4n) is 5.48. The number of sulfonamides is 1. The van der Waals surface area contributed by atoms with Crippen LogP contribution in [0.5, 0.6) is 0 Å². The first-order valence-electron chi connectivity index (χ1n) is 12.1. The minimum Gasteiger partial charge on any atom is -0.378 e. The lowest BCUT2D eigenvalue weighted by atomic mass is 9.91. The molecule has 7 nitrogen and oxygen atoms in total. The van der Waals surface area contributed by atoms with Crippen molar-refractivity contribution in [3.63, 3.8) is 0 Å². The number of amides is 1. The van der Waals surface area contributed by atoms with Crippen molar-refractivity contribution in [2.75, 3.05) is 26.4 Å². The van der Waals surface area contributed by atoms with Crippen LogP contribution in [0.15, 0.2) is 54.6 Å². The molecule has 1 saturated carbocycles. The summed E-state index contributed by atoms with van der Waals surface area (Å²) < 4.78 is 39.9. The largest absolute Gasteiger partial charge is 0.378 e. The molecule has 8 heteroatoms. The van der Waals surface area contributed by atoms with Gasteiger partial charge in [-0.15, -0.1) is 0 Å². The second-order valence-electron chi connectivity index (χ2n) is 10.1. The molecule has 6 rings (SSSR count). The van der Waals surface area contributed by atoms with Gasteiger partial charge in [-0.3, -0.25) is 4.79 Å². The molecule has 180 valence electrons. The SMILES string of the molecule is O=C(C1CCO1)N1CC2(CC2)[C@H](NS(=O)(=O)C2COC2)[C@@H]1Cc1cccc(-c2ccccc2)c1. The Labute approximate surface area is 200 Å². The van der Waals surface area contributed by atoms with Crippen LogP contribution < -0.4 is 4.72 Å². The highest BCUT2D eigenvalue weighted by molar-refractivity contribution is 7.90. The van der Waals surface area contributed by atoms with Crippen LogP contribution in [0.4, 0.5) is 0 Å². The lowest BCUT2D eigenvalue weighted by Crippen LogP contribution is -2.56. The molecule has 2 aromatic carbocycles. The van der Waals surface area contributed by atoms with Crippen LogP contribution >= 0.6 is 0 Å². The number of carbonyl (C=O) groups is 1. The lowest BCUT2D eigenvalue weighted by molar-refractivity contribution is -0.157. The van der Waals surface area contributed by atoms with E-state index in [9.17, 15) is 13.2 Å². The third-order valence-corrected chi connectivity index (χ3v) is 9.63. The van der Waals surface area contributed by atoms with Crippen molar-refractivity contribution >= 4 is 15.9 Å². The van der Waals surface area contributed by atoms with Crippen LogP contribution in [-0.2, 0) is 30.7 Å². The highest BCUT2D eigenvalue weighted by atomic mass is 32.2. The number of rotatable bonds is 7. The van der Waals surface area contributed by atoms with Crippen LogP contribution in [0, 0.1) is 5.41 Å². The second kappa shape index (κ2) is 8.45. The Morgan fingerprint density at radius 3 is 2.41 bits per heavy atom. The summed E-state index contributed by atoms with van der Waals surface area (Å²) in [5, 5.41) is -0.509. The van der Waals surface area contributed by atoms with Gasteiger partial charge in [0, 0.05) is 24.4 Å². The van der Waals surface area contributed by atoms with Gasteiger partial charge in [0.1, 0.15) is 11.4 Å². The molecule has 4 aliphatic rings. The van der Waals surface area contributed by atoms with E-state index in [4.69, 9.17) is 9.47 Å². The average Bonchev–Trinajstić information content (AvgIpc) is 3.47. The van der Waals surface area contributed by atoms with Crippen molar-refractivity contribution in [1.29, 1.82) is 0 Å². The smallest absolute Gasteiger partial charge is 0.252 e. The number of carbonyl (C=O) groups excluding carboxylic acids is 1. The van der Waals surface area contributed by atoms with E-state index in [1.165, 1.54) is 0 Å². The monoisotopic (exact) mass is 482 g/mol. The Kier molecular flexibility index (Phi) is 5.52. The maximum atomic E-state index is 13.3. The van der Waals surface area contributed by atoms with Gasteiger partial charge in [0.25, 0.3) is 5.91 Å². The van der Waals surface area contributed by atoms with Gasteiger partial charge in [-0.2, -0.15) is 0 Å². The predicted molar refractivity (Wildman–Crippen MR) is 128 cm³/mol. The number of hydrogen-bond acceptors (Lipinski definition) is 5. The second-order valence-corrected chi connectivity index (χ2v) is 12.1. The van der Waals surface area contributed by atoms with Gasteiger partial charge in [-0.25, -0.2) is 13.1 Å². The highest BCUT2D eigenvalue weighted by Crippen LogP contribution is 2.56. The summed E-state index contributed by atoms with van der Waals surface area (Å²) in [5.74, 6) is -0.00425. The zero-order valence-electron chi connectivity index (χ0n) is 19.1. The van der Waals surface area contributed by atoms with E-state index in [1.807, 2.05) is 29.2 Å². The van der Waals surface area contributed by atoms with Crippen molar-refractivity contribution in [1.82, 2.24) is 9.62 Å². The van der Waals surface area contributed by atoms with Gasteiger partial charge < -0.3 is 14.4 Å². The van der Waals surface area contributed by atoms with Gasteiger partial charge in [-0.1, -0.05) is 54.6 Å². The molecule has 0 aromatic heterocycles. The first kappa shape index (κ1) is 22.2. The van der Waals surface area contributed by atoms with E-state index in [-0.39, 0.29) is 36.6 Å². The van der Waals surface area contributed by atoms with Gasteiger partial charge >= 0.3 is 0 Å². The number of benzene rings is 2. The fraction of sp³-hybridized carbons (Fsp3) is 0.500. The van der Waals surface area contributed by atoms with E-state index >= 15 is 0 Å². The van der Waals surface area contributed by atoms with Crippen molar-refractivity contribution in [3.8, 4) is 11.1 Å². The van der Waals surface area contributed by atoms with E-state index in [0.29, 0.717) is 19.6 Å². The number of nitrogens with zero attached hydrogens (tertiary/aromatic N) is 1. The summed E-state index contributed by atoms with van der Waals surface area (Å²) in [4.78, 5) is 15.3. The Balaban J connectivity index is 1.32. The predicted octanol–water partition coefficient (Wildman–Crippen LogP) is 2.36. The molecule has 0 radical (unpaired) electrons. The van der Waals surface area contributed by atoms with E-state index in [1.54, 1.807) is 0 Å². The zero-order chi connectivity index (χ0) is 23.3. The van der Waals surface area contributed by atoms with E-state index < -0.39 is 21.4 Å². The van der Waals surface area contributed by atoms with Crippen molar-refractivity contribution < 1.29 is 22.7 Å². The summed E-state index contributed by atoms with van der Waals surface area (Å²) in [6, 6.07) is 18.0. The minimum absolute atomic E-state index is 0.00425. The molecule has 1 amide bonds. The molecular formula is C26H30N2O5S. The molecular weight excluding hydrogens is 452 g/mol. The molecule has 3 saturated heterocycles. The summed E-state index contributed by atoms with van der Waals surface area (Å²) >= 11 is 0. The van der Waals surface area contributed by atoms with Gasteiger partial charge in [0.05, 0.1) is 25.9 Å². The quantitative estimate of drug-likeness (QED) is 0.655. The minimum atomic E-state index is -3.52. The molecule has 1 spiro atoms. The number of nitrogens with one attached hydrogen (secondary N) is 1. The molecule has 34 heavy (non-hydrogen) atoms. The Bertz CT molecular complexity index is 1170. The molecule has 1 N–H and O–H groups in total. The number of hydrogen-bond donors (Lipinski definition) is 1. The molecule has 1 aliphatic carbocycles. The molecule has 3 heterocycles. The topological polar surface area (TPSA) is 84.9 Å². The lowest BCUT2D eigenvalue weighted by Gasteiger charge is -2.35. The fourth-order valence-corrected chi connectivity index (χ4v) is 6.98. The van der Waals surface area contributed by atoms with Crippen LogP contribution in [0.3, 0.4) is 0 Å². The number of ether oxygens (including phenoxy) is 2. The maximum Gasteiger partial charge on any atom is 0.252 e. The Morgan fingerprint density at radius 2 is 1.79 bits per heavy atom. The third kappa shape index (κ3) is 3.96. The van der Waals surface area contributed by atoms with Crippen molar-refractivity contribution in [3.05, 3.63) is 60.2 Å². The van der Waals surface area contributed by atoms with Crippen LogP contribution in [0.1, 0.15) is 24.8 Å². The molecule has 3 aliphatic heterocycles. The van der Waals surface area contributed by atoms with Crippen molar-refractivity contribution in [2.45, 2.75) is 49.1 Å². The normalized spacial score (nSPS) is 27.9. The van der Waals surface area contributed by atoms with Crippen molar-refractivity contribution in [2.24, 2.45) is 5.41 Å². The van der Waals surface area contributed by atoms with E-state index in [0.717, 1.165) is 36.0 Å². The third-order valence-electron chi connectivity index (χ3n) is 7.90. The maximum absolute atomic E-state index is 13.3. The first-order valence-corrected chi connectivity index (χ1v) is 13.7. The van der Waals surface area contributed by atoms with Gasteiger partial charge in [0.15, 0.2) is 0 Å². The van der Waals surface area contributed by atoms with Crippen LogP contribution in [0.2, 0.25) is 0 Å². The average molecular weight is 483 g/mol. The van der Waals surface area contributed by atoms with E-state index in [2.05, 4.69) is 35.1 Å². The highest BCUT2D eigenvalue weighted by Gasteiger charge is 2.62. The molecule has 2 aromatic rings. The number of likely N-dealkylation sites (tertiary alicyclic amines) is 1. The Morgan fingerprint density at radius 1 is 1.06 bits per heavy atom. The van der Waals surface area contributed by atoms with Crippen LogP contribution in [0.25, 0.3) is 11.1 Å². The summed E-state index contributed by atoms with van der Waals surface area (Å²) in [5.41, 5.74) is 3.15. The van der Waals surface area contributed by atoms with Gasteiger partial charge in [0.2, 0.25) is 10.0 Å². The molecule has 4 fully saturated rings. The Hall–Kier alpha value is -2.26. The molecule has 3 atom stereocenters. The molecule has 1 unspecified atom stereocenters.